The number of likely N-dealkylation sites (N-methyl/N-ethyl adjacent to an activating group) is 1. The Bertz CT molecular complexity index is 486. The van der Waals surface area contributed by atoms with Crippen LogP contribution in [0.1, 0.15) is 26.3 Å². The van der Waals surface area contributed by atoms with Gasteiger partial charge >= 0.3 is 0 Å². The maximum absolute atomic E-state index is 12.0. The van der Waals surface area contributed by atoms with Crippen LogP contribution in [0.2, 0.25) is 0 Å². The van der Waals surface area contributed by atoms with Crippen LogP contribution in [0.5, 0.6) is 0 Å². The van der Waals surface area contributed by atoms with Gasteiger partial charge in [0.25, 0.3) is 11.8 Å². The lowest BCUT2D eigenvalue weighted by Crippen LogP contribution is -3.14. The fraction of sp³-hybridized carbons (Fsp3) is 0.500. The van der Waals surface area contributed by atoms with E-state index in [4.69, 9.17) is 0 Å². The molecule has 0 aliphatic heterocycles. The van der Waals surface area contributed by atoms with Crippen molar-refractivity contribution in [1.82, 2.24) is 5.32 Å². The van der Waals surface area contributed by atoms with Gasteiger partial charge in [0.05, 0.1) is 6.54 Å². The highest BCUT2D eigenvalue weighted by molar-refractivity contribution is 5.91. The van der Waals surface area contributed by atoms with E-state index >= 15 is 0 Å². The molecule has 0 aliphatic carbocycles. The standard InChI is InChI=1S/C16H25N3O2/c1-5-19(10-15(20)17-12(2)3)11-16(21)18-14-8-6-7-13(4)9-14/h6-9,12H,5,10-11H2,1-4H3,(H,17,20)(H,18,21)/p+1. The second-order valence-corrected chi connectivity index (χ2v) is 5.60. The van der Waals surface area contributed by atoms with Crippen molar-refractivity contribution in [3.63, 3.8) is 0 Å². The molecule has 0 saturated carbocycles. The van der Waals surface area contributed by atoms with Crippen LogP contribution in [0.15, 0.2) is 24.3 Å². The predicted octanol–water partition coefficient (Wildman–Crippen LogP) is 0.363. The molecule has 3 N–H and O–H groups in total. The SMILES string of the molecule is CC[NH+](CC(=O)Nc1cccc(C)c1)CC(=O)NC(C)C. The fourth-order valence-electron chi connectivity index (χ4n) is 2.07. The van der Waals surface area contributed by atoms with Crippen LogP contribution in [0.25, 0.3) is 0 Å². The van der Waals surface area contributed by atoms with Crippen molar-refractivity contribution in [1.29, 1.82) is 0 Å². The Balaban J connectivity index is 2.49. The number of benzene rings is 1. The molecule has 21 heavy (non-hydrogen) atoms. The molecular formula is C16H26N3O2+. The molecule has 5 nitrogen and oxygen atoms in total. The summed E-state index contributed by atoms with van der Waals surface area (Å²) >= 11 is 0. The normalized spacial score (nSPS) is 12.0. The van der Waals surface area contributed by atoms with E-state index < -0.39 is 0 Å². The maximum atomic E-state index is 12.0. The van der Waals surface area contributed by atoms with Gasteiger partial charge in [0.1, 0.15) is 0 Å². The highest BCUT2D eigenvalue weighted by Gasteiger charge is 2.17. The zero-order valence-corrected chi connectivity index (χ0v) is 13.3. The number of quaternary nitrogens is 1. The zero-order chi connectivity index (χ0) is 15.8. The van der Waals surface area contributed by atoms with Crippen LogP contribution in [0.3, 0.4) is 0 Å². The van der Waals surface area contributed by atoms with Crippen molar-refractivity contribution in [3.05, 3.63) is 29.8 Å². The lowest BCUT2D eigenvalue weighted by atomic mass is 10.2. The van der Waals surface area contributed by atoms with E-state index in [1.165, 1.54) is 0 Å². The van der Waals surface area contributed by atoms with Crippen molar-refractivity contribution >= 4 is 17.5 Å². The molecule has 0 bridgehead atoms. The number of anilines is 1. The molecular weight excluding hydrogens is 266 g/mol. The minimum Gasteiger partial charge on any atom is -0.349 e. The summed E-state index contributed by atoms with van der Waals surface area (Å²) in [5.41, 5.74) is 1.89. The van der Waals surface area contributed by atoms with Gasteiger partial charge in [-0.3, -0.25) is 9.59 Å². The topological polar surface area (TPSA) is 62.6 Å². The Morgan fingerprint density at radius 1 is 1.19 bits per heavy atom. The Hall–Kier alpha value is -1.88. The first-order valence-corrected chi connectivity index (χ1v) is 7.40. The van der Waals surface area contributed by atoms with E-state index in [2.05, 4.69) is 10.6 Å². The van der Waals surface area contributed by atoms with Gasteiger partial charge in [-0.2, -0.15) is 0 Å². The van der Waals surface area contributed by atoms with Gasteiger partial charge < -0.3 is 15.5 Å². The largest absolute Gasteiger partial charge is 0.349 e. The number of carbonyl (C=O) groups is 2. The summed E-state index contributed by atoms with van der Waals surface area (Å²) in [7, 11) is 0. The van der Waals surface area contributed by atoms with Gasteiger partial charge in [-0.1, -0.05) is 12.1 Å². The van der Waals surface area contributed by atoms with Crippen LogP contribution in [-0.2, 0) is 9.59 Å². The number of aryl methyl sites for hydroxylation is 1. The number of nitrogens with one attached hydrogen (secondary N) is 3. The summed E-state index contributed by atoms with van der Waals surface area (Å²) in [6.07, 6.45) is 0. The average molecular weight is 292 g/mol. The van der Waals surface area contributed by atoms with Gasteiger partial charge in [0.2, 0.25) is 0 Å². The van der Waals surface area contributed by atoms with E-state index in [1.807, 2.05) is 52.0 Å². The molecule has 1 unspecified atom stereocenters. The minimum absolute atomic E-state index is 0.0230. The van der Waals surface area contributed by atoms with Crippen molar-refractivity contribution in [2.75, 3.05) is 25.0 Å². The summed E-state index contributed by atoms with van der Waals surface area (Å²) in [6, 6.07) is 7.80. The Morgan fingerprint density at radius 3 is 2.43 bits per heavy atom. The zero-order valence-electron chi connectivity index (χ0n) is 13.3. The molecule has 1 aromatic carbocycles. The van der Waals surface area contributed by atoms with E-state index in [1.54, 1.807) is 0 Å². The highest BCUT2D eigenvalue weighted by Crippen LogP contribution is 2.08. The molecule has 0 saturated heterocycles. The van der Waals surface area contributed by atoms with E-state index in [9.17, 15) is 9.59 Å². The minimum atomic E-state index is -0.0743. The Kier molecular flexibility index (Phi) is 6.88. The van der Waals surface area contributed by atoms with Crippen LogP contribution in [-0.4, -0.2) is 37.5 Å². The van der Waals surface area contributed by atoms with Gasteiger partial charge in [0, 0.05) is 11.7 Å². The monoisotopic (exact) mass is 292 g/mol. The third-order valence-corrected chi connectivity index (χ3v) is 3.07. The molecule has 2 amide bonds. The molecule has 0 aliphatic rings. The summed E-state index contributed by atoms with van der Waals surface area (Å²) in [5, 5.41) is 5.72. The number of hydrogen-bond acceptors (Lipinski definition) is 2. The average Bonchev–Trinajstić information content (AvgIpc) is 2.36. The van der Waals surface area contributed by atoms with Crippen LogP contribution >= 0.6 is 0 Å². The molecule has 0 fully saturated rings. The lowest BCUT2D eigenvalue weighted by molar-refractivity contribution is -0.881. The van der Waals surface area contributed by atoms with E-state index in [-0.39, 0.29) is 24.4 Å². The first-order valence-electron chi connectivity index (χ1n) is 7.40. The molecule has 1 rings (SSSR count). The molecule has 1 aromatic rings. The molecule has 0 aromatic heterocycles. The number of carbonyl (C=O) groups excluding carboxylic acids is 2. The second-order valence-electron chi connectivity index (χ2n) is 5.60. The van der Waals surface area contributed by atoms with Crippen LogP contribution in [0, 0.1) is 6.92 Å². The Morgan fingerprint density at radius 2 is 1.86 bits per heavy atom. The van der Waals surface area contributed by atoms with Crippen LogP contribution in [0.4, 0.5) is 5.69 Å². The second kappa shape index (κ2) is 8.42. The van der Waals surface area contributed by atoms with Crippen molar-refractivity contribution < 1.29 is 14.5 Å². The number of rotatable bonds is 7. The number of amides is 2. The van der Waals surface area contributed by atoms with E-state index in [0.29, 0.717) is 6.54 Å². The van der Waals surface area contributed by atoms with E-state index in [0.717, 1.165) is 22.7 Å². The first kappa shape index (κ1) is 17.2. The molecule has 5 heteroatoms. The van der Waals surface area contributed by atoms with Crippen molar-refractivity contribution in [2.45, 2.75) is 33.7 Å². The number of hydrogen-bond donors (Lipinski definition) is 3. The summed E-state index contributed by atoms with van der Waals surface area (Å²) in [5.74, 6) is -0.0972. The molecule has 1 atom stereocenters. The van der Waals surface area contributed by atoms with Gasteiger partial charge in [0.15, 0.2) is 13.1 Å². The maximum Gasteiger partial charge on any atom is 0.279 e. The predicted molar refractivity (Wildman–Crippen MR) is 84.3 cm³/mol. The van der Waals surface area contributed by atoms with Crippen molar-refractivity contribution in [3.8, 4) is 0 Å². The lowest BCUT2D eigenvalue weighted by Gasteiger charge is -2.17. The Labute approximate surface area is 126 Å². The quantitative estimate of drug-likeness (QED) is 0.679. The summed E-state index contributed by atoms with van der Waals surface area (Å²) in [4.78, 5) is 24.7. The summed E-state index contributed by atoms with van der Waals surface area (Å²) < 4.78 is 0. The highest BCUT2D eigenvalue weighted by atomic mass is 16.2. The molecule has 0 radical (unpaired) electrons. The molecule has 0 heterocycles. The molecule has 116 valence electrons. The third-order valence-electron chi connectivity index (χ3n) is 3.07. The fourth-order valence-corrected chi connectivity index (χ4v) is 2.07. The molecule has 0 spiro atoms. The van der Waals surface area contributed by atoms with Gasteiger partial charge in [-0.25, -0.2) is 0 Å². The smallest absolute Gasteiger partial charge is 0.279 e. The third kappa shape index (κ3) is 6.90. The summed E-state index contributed by atoms with van der Waals surface area (Å²) in [6.45, 7) is 9.13. The van der Waals surface area contributed by atoms with Crippen molar-refractivity contribution in [2.24, 2.45) is 0 Å². The van der Waals surface area contributed by atoms with Gasteiger partial charge in [-0.15, -0.1) is 0 Å². The first-order chi connectivity index (χ1) is 9.90. The van der Waals surface area contributed by atoms with Crippen LogP contribution < -0.4 is 15.5 Å². The van der Waals surface area contributed by atoms with Gasteiger partial charge in [-0.05, 0) is 45.4 Å².